The molecule has 31 heavy (non-hydrogen) atoms. The minimum absolute atomic E-state index is 0.215. The summed E-state index contributed by atoms with van der Waals surface area (Å²) in [7, 11) is 1.57. The highest BCUT2D eigenvalue weighted by molar-refractivity contribution is 6.10. The zero-order chi connectivity index (χ0) is 22.1. The molecule has 0 aliphatic carbocycles. The fourth-order valence-corrected chi connectivity index (χ4v) is 2.76. The minimum atomic E-state index is -0.380. The van der Waals surface area contributed by atoms with E-state index in [9.17, 15) is 9.59 Å². The van der Waals surface area contributed by atoms with Gasteiger partial charge in [-0.15, -0.1) is 0 Å². The van der Waals surface area contributed by atoms with Crippen LogP contribution in [0.15, 0.2) is 77.9 Å². The first-order chi connectivity index (χ1) is 15.0. The molecule has 3 N–H and O–H groups in total. The maximum Gasteiger partial charge on any atom is 0.258 e. The second-order valence-corrected chi connectivity index (χ2v) is 6.53. The number of guanidine groups is 1. The SMILES string of the molecule is COc1ccccc1NC(=NCc1ccccn1)NC(=O)c1cccc(NC(C)=O)c1. The number of ether oxygens (including phenoxy) is 1. The highest BCUT2D eigenvalue weighted by Crippen LogP contribution is 2.23. The Bertz CT molecular complexity index is 1080. The summed E-state index contributed by atoms with van der Waals surface area (Å²) in [5.74, 6) is 0.252. The number of anilines is 2. The van der Waals surface area contributed by atoms with Crippen LogP contribution < -0.4 is 20.7 Å². The number of hydrogen-bond donors (Lipinski definition) is 3. The smallest absolute Gasteiger partial charge is 0.258 e. The molecule has 158 valence electrons. The molecule has 2 amide bonds. The first kappa shape index (κ1) is 21.5. The Labute approximate surface area is 180 Å². The summed E-state index contributed by atoms with van der Waals surface area (Å²) in [6.45, 7) is 1.68. The Morgan fingerprint density at radius 3 is 2.55 bits per heavy atom. The van der Waals surface area contributed by atoms with E-state index in [0.29, 0.717) is 22.7 Å². The number of aliphatic imine (C=N–C) groups is 1. The fourth-order valence-electron chi connectivity index (χ4n) is 2.76. The van der Waals surface area contributed by atoms with E-state index < -0.39 is 0 Å². The van der Waals surface area contributed by atoms with E-state index in [2.05, 4.69) is 25.9 Å². The van der Waals surface area contributed by atoms with Crippen LogP contribution >= 0.6 is 0 Å². The third-order valence-electron chi connectivity index (χ3n) is 4.16. The molecule has 0 aliphatic rings. The molecule has 0 unspecified atom stereocenters. The van der Waals surface area contributed by atoms with E-state index in [1.54, 1.807) is 43.6 Å². The van der Waals surface area contributed by atoms with E-state index in [1.807, 2.05) is 36.4 Å². The van der Waals surface area contributed by atoms with Gasteiger partial charge < -0.3 is 15.4 Å². The van der Waals surface area contributed by atoms with E-state index in [0.717, 1.165) is 5.69 Å². The van der Waals surface area contributed by atoms with Crippen LogP contribution in [0.5, 0.6) is 5.75 Å². The van der Waals surface area contributed by atoms with Gasteiger partial charge in [0, 0.05) is 24.4 Å². The number of amides is 2. The van der Waals surface area contributed by atoms with Gasteiger partial charge in [-0.05, 0) is 42.5 Å². The monoisotopic (exact) mass is 417 g/mol. The van der Waals surface area contributed by atoms with Crippen LogP contribution in [0.25, 0.3) is 0 Å². The van der Waals surface area contributed by atoms with Gasteiger partial charge in [-0.1, -0.05) is 24.3 Å². The molecule has 0 radical (unpaired) electrons. The van der Waals surface area contributed by atoms with Crippen LogP contribution in [0.3, 0.4) is 0 Å². The highest BCUT2D eigenvalue weighted by atomic mass is 16.5. The molecule has 0 bridgehead atoms. The van der Waals surface area contributed by atoms with E-state index in [-0.39, 0.29) is 24.3 Å². The van der Waals surface area contributed by atoms with Crippen molar-refractivity contribution < 1.29 is 14.3 Å². The minimum Gasteiger partial charge on any atom is -0.495 e. The number of nitrogens with one attached hydrogen (secondary N) is 3. The second kappa shape index (κ2) is 10.5. The average Bonchev–Trinajstić information content (AvgIpc) is 2.78. The zero-order valence-electron chi connectivity index (χ0n) is 17.3. The van der Waals surface area contributed by atoms with Crippen LogP contribution in [0, 0.1) is 0 Å². The quantitative estimate of drug-likeness (QED) is 0.421. The van der Waals surface area contributed by atoms with Crippen molar-refractivity contribution in [2.45, 2.75) is 13.5 Å². The third kappa shape index (κ3) is 6.40. The molecule has 2 aromatic carbocycles. The maximum absolute atomic E-state index is 12.9. The molecule has 0 aliphatic heterocycles. The number of hydrogen-bond acceptors (Lipinski definition) is 5. The van der Waals surface area contributed by atoms with Crippen molar-refractivity contribution in [1.82, 2.24) is 10.3 Å². The number of nitrogens with zero attached hydrogens (tertiary/aromatic N) is 2. The first-order valence-electron chi connectivity index (χ1n) is 9.58. The van der Waals surface area contributed by atoms with E-state index in [1.165, 1.54) is 6.92 Å². The lowest BCUT2D eigenvalue weighted by molar-refractivity contribution is -0.114. The van der Waals surface area contributed by atoms with Crippen molar-refractivity contribution in [2.75, 3.05) is 17.7 Å². The van der Waals surface area contributed by atoms with Crippen molar-refractivity contribution in [3.63, 3.8) is 0 Å². The Hall–Kier alpha value is -4.20. The predicted molar refractivity (Wildman–Crippen MR) is 120 cm³/mol. The van der Waals surface area contributed by atoms with Crippen molar-refractivity contribution in [3.05, 3.63) is 84.2 Å². The zero-order valence-corrected chi connectivity index (χ0v) is 17.3. The van der Waals surface area contributed by atoms with Gasteiger partial charge in [-0.25, -0.2) is 4.99 Å². The van der Waals surface area contributed by atoms with Crippen molar-refractivity contribution >= 4 is 29.1 Å². The Morgan fingerprint density at radius 2 is 1.81 bits per heavy atom. The van der Waals surface area contributed by atoms with Crippen molar-refractivity contribution in [1.29, 1.82) is 0 Å². The largest absolute Gasteiger partial charge is 0.495 e. The second-order valence-electron chi connectivity index (χ2n) is 6.53. The van der Waals surface area contributed by atoms with Gasteiger partial charge in [-0.3, -0.25) is 19.9 Å². The summed E-state index contributed by atoms with van der Waals surface area (Å²) in [5.41, 5.74) is 2.31. The van der Waals surface area contributed by atoms with Crippen LogP contribution in [-0.4, -0.2) is 29.9 Å². The van der Waals surface area contributed by atoms with Gasteiger partial charge in [0.25, 0.3) is 5.91 Å². The molecule has 0 fully saturated rings. The summed E-state index contributed by atoms with van der Waals surface area (Å²) in [4.78, 5) is 32.9. The van der Waals surface area contributed by atoms with E-state index >= 15 is 0 Å². The summed E-state index contributed by atoms with van der Waals surface area (Å²) >= 11 is 0. The number of aromatic nitrogens is 1. The normalized spacial score (nSPS) is 10.8. The molecule has 0 spiro atoms. The lowest BCUT2D eigenvalue weighted by atomic mass is 10.2. The van der Waals surface area contributed by atoms with Crippen molar-refractivity contribution in [2.24, 2.45) is 4.99 Å². The van der Waals surface area contributed by atoms with Gasteiger partial charge >= 0.3 is 0 Å². The van der Waals surface area contributed by atoms with Crippen LogP contribution in [-0.2, 0) is 11.3 Å². The average molecular weight is 417 g/mol. The maximum atomic E-state index is 12.9. The number of pyridine rings is 1. The summed E-state index contributed by atoms with van der Waals surface area (Å²) in [5, 5.41) is 8.56. The molecule has 3 aromatic rings. The van der Waals surface area contributed by atoms with Crippen molar-refractivity contribution in [3.8, 4) is 5.75 Å². The summed E-state index contributed by atoms with van der Waals surface area (Å²) < 4.78 is 5.37. The van der Waals surface area contributed by atoms with Crippen LogP contribution in [0.1, 0.15) is 23.0 Å². The topological polar surface area (TPSA) is 105 Å². The molecule has 0 atom stereocenters. The lowest BCUT2D eigenvalue weighted by Gasteiger charge is -2.14. The standard InChI is InChI=1S/C23H23N5O3/c1-16(29)26-18-10-7-8-17(14-18)22(30)28-23(25-15-19-9-5-6-13-24-19)27-20-11-3-4-12-21(20)31-2/h3-14H,15H2,1-2H3,(H,26,29)(H2,25,27,28,30). The van der Waals surface area contributed by atoms with Crippen LogP contribution in [0.2, 0.25) is 0 Å². The number of carbonyl (C=O) groups excluding carboxylic acids is 2. The third-order valence-corrected chi connectivity index (χ3v) is 4.16. The molecule has 8 nitrogen and oxygen atoms in total. The number of benzene rings is 2. The van der Waals surface area contributed by atoms with Gasteiger partial charge in [0.05, 0.1) is 25.0 Å². The van der Waals surface area contributed by atoms with Gasteiger partial charge in [0.2, 0.25) is 11.9 Å². The van der Waals surface area contributed by atoms with E-state index in [4.69, 9.17) is 4.74 Å². The fraction of sp³-hybridized carbons (Fsp3) is 0.130. The van der Waals surface area contributed by atoms with Gasteiger partial charge in [-0.2, -0.15) is 0 Å². The molecule has 8 heteroatoms. The molecular weight excluding hydrogens is 394 g/mol. The molecule has 0 saturated carbocycles. The predicted octanol–water partition coefficient (Wildman–Crippen LogP) is 3.45. The lowest BCUT2D eigenvalue weighted by Crippen LogP contribution is -2.36. The highest BCUT2D eigenvalue weighted by Gasteiger charge is 2.12. The Morgan fingerprint density at radius 1 is 1.00 bits per heavy atom. The molecule has 1 heterocycles. The van der Waals surface area contributed by atoms with Gasteiger partial charge in [0.15, 0.2) is 0 Å². The summed E-state index contributed by atoms with van der Waals surface area (Å²) in [6, 6.07) is 19.5. The number of rotatable bonds is 6. The molecule has 3 rings (SSSR count). The molecular formula is C23H23N5O3. The molecule has 0 saturated heterocycles. The summed E-state index contributed by atoms with van der Waals surface area (Å²) in [6.07, 6.45) is 1.68. The Balaban J connectivity index is 1.83. The number of methoxy groups -OCH3 is 1. The molecule has 1 aromatic heterocycles. The first-order valence-corrected chi connectivity index (χ1v) is 9.58. The van der Waals surface area contributed by atoms with Gasteiger partial charge in [0.1, 0.15) is 5.75 Å². The van der Waals surface area contributed by atoms with Crippen LogP contribution in [0.4, 0.5) is 11.4 Å². The number of para-hydroxylation sites is 2. The number of carbonyl (C=O) groups is 2. The Kier molecular flexibility index (Phi) is 7.31.